The third-order valence-corrected chi connectivity index (χ3v) is 5.77. The molecule has 10 nitrogen and oxygen atoms in total. The van der Waals surface area contributed by atoms with Crippen molar-refractivity contribution in [2.24, 2.45) is 0 Å². The van der Waals surface area contributed by atoms with Gasteiger partial charge in [0.2, 0.25) is 11.8 Å². The molecule has 0 bridgehead atoms. The minimum absolute atomic E-state index is 0.273. The maximum atomic E-state index is 13.2. The molecule has 37 heavy (non-hydrogen) atoms. The van der Waals surface area contributed by atoms with E-state index in [1.54, 1.807) is 36.4 Å². The first-order chi connectivity index (χ1) is 18.1. The van der Waals surface area contributed by atoms with Crippen LogP contribution >= 0.6 is 11.6 Å². The lowest BCUT2D eigenvalue weighted by Gasteiger charge is -2.17. The van der Waals surface area contributed by atoms with Crippen LogP contribution in [0.2, 0.25) is 5.02 Å². The van der Waals surface area contributed by atoms with Crippen LogP contribution in [0.15, 0.2) is 89.7 Å². The van der Waals surface area contributed by atoms with Gasteiger partial charge in [0.1, 0.15) is 12.4 Å². The molecule has 3 aromatic carbocycles. The predicted molar refractivity (Wildman–Crippen MR) is 138 cm³/mol. The molecule has 5 aromatic rings. The molecule has 0 aliphatic heterocycles. The Hall–Kier alpha value is -4.83. The number of amides is 2. The summed E-state index contributed by atoms with van der Waals surface area (Å²) in [4.78, 5) is 26.2. The van der Waals surface area contributed by atoms with Gasteiger partial charge in [-0.2, -0.15) is 4.68 Å². The maximum Gasteiger partial charge on any atom is 0.248 e. The minimum Gasteiger partial charge on any atom is -0.354 e. The van der Waals surface area contributed by atoms with Crippen molar-refractivity contribution in [1.29, 1.82) is 0 Å². The number of para-hydroxylation sites is 1. The van der Waals surface area contributed by atoms with E-state index in [1.807, 2.05) is 42.5 Å². The molecular formula is C26H20ClN7O3. The fourth-order valence-corrected chi connectivity index (χ4v) is 3.94. The molecule has 0 saturated carbocycles. The first-order valence-corrected chi connectivity index (χ1v) is 11.7. The summed E-state index contributed by atoms with van der Waals surface area (Å²) in [5, 5.41) is 21.8. The van der Waals surface area contributed by atoms with Crippen molar-refractivity contribution in [3.8, 4) is 5.69 Å². The van der Waals surface area contributed by atoms with Crippen LogP contribution in [0.1, 0.15) is 11.1 Å². The fourth-order valence-electron chi connectivity index (χ4n) is 3.76. The van der Waals surface area contributed by atoms with Crippen molar-refractivity contribution < 1.29 is 14.1 Å². The van der Waals surface area contributed by atoms with Gasteiger partial charge in [-0.3, -0.25) is 9.59 Å². The van der Waals surface area contributed by atoms with E-state index < -0.39 is 17.9 Å². The van der Waals surface area contributed by atoms with Crippen molar-refractivity contribution in [2.75, 3.05) is 5.32 Å². The summed E-state index contributed by atoms with van der Waals surface area (Å²) in [6, 6.07) is 20.8. The summed E-state index contributed by atoms with van der Waals surface area (Å²) in [6.07, 6.45) is 4.63. The standard InChI is InChI=1S/C26H20ClN7O3/c27-19-11-12-22(34-16-28-32-33-34)18(15-19)10-13-24(35)29-21(14-17-6-2-1-3-7-17)26(36)30-25-20-8-4-5-9-23(20)37-31-25/h1-13,15-16,21H,14H2,(H,29,35)(H,30,31,36)/t21-/m0/s1. The SMILES string of the molecule is O=C(C=Cc1cc(Cl)ccc1-n1cnnn1)N[C@@H](Cc1ccccc1)C(=O)Nc1noc2ccccc12. The largest absolute Gasteiger partial charge is 0.354 e. The number of hydrogen-bond donors (Lipinski definition) is 2. The van der Waals surface area contributed by atoms with Crippen LogP contribution in [-0.2, 0) is 16.0 Å². The Morgan fingerprint density at radius 3 is 2.68 bits per heavy atom. The number of anilines is 1. The van der Waals surface area contributed by atoms with E-state index in [4.69, 9.17) is 16.1 Å². The van der Waals surface area contributed by atoms with Gasteiger partial charge in [-0.25, -0.2) is 0 Å². The molecule has 11 heteroatoms. The number of rotatable bonds is 8. The number of nitrogens with one attached hydrogen (secondary N) is 2. The highest BCUT2D eigenvalue weighted by Crippen LogP contribution is 2.23. The van der Waals surface area contributed by atoms with E-state index in [0.29, 0.717) is 27.2 Å². The molecule has 2 N–H and O–H groups in total. The molecular weight excluding hydrogens is 494 g/mol. The van der Waals surface area contributed by atoms with E-state index in [0.717, 1.165) is 5.56 Å². The number of tetrazole rings is 1. The van der Waals surface area contributed by atoms with Crippen molar-refractivity contribution in [3.63, 3.8) is 0 Å². The second-order valence-corrected chi connectivity index (χ2v) is 8.49. The normalized spacial score (nSPS) is 12.0. The van der Waals surface area contributed by atoms with Crippen molar-refractivity contribution in [3.05, 3.63) is 101 Å². The first kappa shape index (κ1) is 23.9. The van der Waals surface area contributed by atoms with E-state index in [1.165, 1.54) is 17.1 Å². The molecule has 0 unspecified atom stereocenters. The molecule has 2 heterocycles. The van der Waals surface area contributed by atoms with Gasteiger partial charge in [0.25, 0.3) is 0 Å². The average Bonchev–Trinajstić information content (AvgIpc) is 3.59. The number of fused-ring (bicyclic) bond motifs is 1. The number of benzene rings is 3. The monoisotopic (exact) mass is 513 g/mol. The van der Waals surface area contributed by atoms with E-state index >= 15 is 0 Å². The zero-order valence-electron chi connectivity index (χ0n) is 19.3. The van der Waals surface area contributed by atoms with Gasteiger partial charge >= 0.3 is 0 Å². The van der Waals surface area contributed by atoms with Crippen LogP contribution in [0.4, 0.5) is 5.82 Å². The number of nitrogens with zero attached hydrogens (tertiary/aromatic N) is 5. The van der Waals surface area contributed by atoms with Gasteiger partial charge in [0, 0.05) is 23.1 Å². The van der Waals surface area contributed by atoms with Crippen LogP contribution in [0.5, 0.6) is 0 Å². The number of hydrogen-bond acceptors (Lipinski definition) is 7. The van der Waals surface area contributed by atoms with Crippen LogP contribution in [0, 0.1) is 0 Å². The average molecular weight is 514 g/mol. The van der Waals surface area contributed by atoms with Gasteiger partial charge in [-0.15, -0.1) is 5.10 Å². The predicted octanol–water partition coefficient (Wildman–Crippen LogP) is 3.84. The van der Waals surface area contributed by atoms with E-state index in [2.05, 4.69) is 31.3 Å². The maximum absolute atomic E-state index is 13.2. The molecule has 184 valence electrons. The summed E-state index contributed by atoms with van der Waals surface area (Å²) in [5.41, 5.74) is 2.68. The second-order valence-electron chi connectivity index (χ2n) is 8.06. The Morgan fingerprint density at radius 2 is 1.86 bits per heavy atom. The van der Waals surface area contributed by atoms with E-state index in [9.17, 15) is 9.59 Å². The zero-order valence-corrected chi connectivity index (χ0v) is 20.0. The molecule has 0 saturated heterocycles. The quantitative estimate of drug-likeness (QED) is 0.302. The molecule has 0 fully saturated rings. The fraction of sp³-hybridized carbons (Fsp3) is 0.0769. The summed E-state index contributed by atoms with van der Waals surface area (Å²) in [6.45, 7) is 0. The molecule has 2 amide bonds. The van der Waals surface area contributed by atoms with Crippen molar-refractivity contribution in [1.82, 2.24) is 30.7 Å². The van der Waals surface area contributed by atoms with Gasteiger partial charge in [-0.05, 0) is 52.4 Å². The highest BCUT2D eigenvalue weighted by molar-refractivity contribution is 6.30. The number of carbonyl (C=O) groups excluding carboxylic acids is 2. The summed E-state index contributed by atoms with van der Waals surface area (Å²) >= 11 is 6.16. The minimum atomic E-state index is -0.881. The molecule has 0 radical (unpaired) electrons. The third-order valence-electron chi connectivity index (χ3n) is 5.53. The lowest BCUT2D eigenvalue weighted by Crippen LogP contribution is -2.44. The summed E-state index contributed by atoms with van der Waals surface area (Å²) < 4.78 is 6.74. The highest BCUT2D eigenvalue weighted by Gasteiger charge is 2.23. The van der Waals surface area contributed by atoms with Gasteiger partial charge in [0.05, 0.1) is 11.1 Å². The number of carbonyl (C=O) groups is 2. The highest BCUT2D eigenvalue weighted by atomic mass is 35.5. The Labute approximate surface area is 215 Å². The Morgan fingerprint density at radius 1 is 1.05 bits per heavy atom. The van der Waals surface area contributed by atoms with Crippen LogP contribution in [0.25, 0.3) is 22.7 Å². The van der Waals surface area contributed by atoms with Crippen molar-refractivity contribution in [2.45, 2.75) is 12.5 Å². The first-order valence-electron chi connectivity index (χ1n) is 11.3. The number of aromatic nitrogens is 5. The van der Waals surface area contributed by atoms with E-state index in [-0.39, 0.29) is 12.2 Å². The topological polar surface area (TPSA) is 128 Å². The molecule has 0 aliphatic rings. The van der Waals surface area contributed by atoms with Crippen LogP contribution < -0.4 is 10.6 Å². The molecule has 2 aromatic heterocycles. The third kappa shape index (κ3) is 5.71. The Balaban J connectivity index is 1.36. The number of halogens is 1. The second kappa shape index (κ2) is 10.8. The zero-order chi connectivity index (χ0) is 25.6. The van der Waals surface area contributed by atoms with Gasteiger partial charge in [-0.1, -0.05) is 59.2 Å². The molecule has 0 aliphatic carbocycles. The lowest BCUT2D eigenvalue weighted by molar-refractivity contribution is -0.123. The molecule has 1 atom stereocenters. The van der Waals surface area contributed by atoms with Gasteiger partial charge < -0.3 is 15.2 Å². The summed E-state index contributed by atoms with van der Waals surface area (Å²) in [7, 11) is 0. The lowest BCUT2D eigenvalue weighted by atomic mass is 10.0. The smallest absolute Gasteiger partial charge is 0.248 e. The molecule has 0 spiro atoms. The Kier molecular flexibility index (Phi) is 7.00. The summed E-state index contributed by atoms with van der Waals surface area (Å²) in [5.74, 6) is -0.612. The van der Waals surface area contributed by atoms with Crippen LogP contribution in [0.3, 0.4) is 0 Å². The molecule has 5 rings (SSSR count). The van der Waals surface area contributed by atoms with Gasteiger partial charge in [0.15, 0.2) is 11.4 Å². The Bertz CT molecular complexity index is 1570. The van der Waals surface area contributed by atoms with Crippen LogP contribution in [-0.4, -0.2) is 43.2 Å². The van der Waals surface area contributed by atoms with Crippen molar-refractivity contribution >= 4 is 46.3 Å².